The lowest BCUT2D eigenvalue weighted by Gasteiger charge is -2.24. The molecule has 0 aliphatic rings. The number of methoxy groups -OCH3 is 1. The summed E-state index contributed by atoms with van der Waals surface area (Å²) in [5, 5.41) is 0. The lowest BCUT2D eigenvalue weighted by molar-refractivity contribution is -0.153. The molecule has 4 heteroatoms. The highest BCUT2D eigenvalue weighted by molar-refractivity contribution is 5.69. The number of hydrogen-bond donors (Lipinski definition) is 0. The van der Waals surface area contributed by atoms with Crippen molar-refractivity contribution in [3.05, 3.63) is 42.5 Å². The molecule has 0 saturated carbocycles. The highest BCUT2D eigenvalue weighted by Gasteiger charge is 2.22. The summed E-state index contributed by atoms with van der Waals surface area (Å²) in [4.78, 5) is 12.1. The third-order valence-corrected chi connectivity index (χ3v) is 4.20. The van der Waals surface area contributed by atoms with E-state index < -0.39 is 0 Å². The van der Waals surface area contributed by atoms with Crippen LogP contribution in [0.2, 0.25) is 0 Å². The number of hydrogen-bond acceptors (Lipinski definition) is 4. The van der Waals surface area contributed by atoms with E-state index in [2.05, 4.69) is 27.4 Å². The van der Waals surface area contributed by atoms with Gasteiger partial charge in [0.15, 0.2) is 0 Å². The molecule has 4 nitrogen and oxygen atoms in total. The van der Waals surface area contributed by atoms with Crippen LogP contribution in [0.4, 0.5) is 0 Å². The summed E-state index contributed by atoms with van der Waals surface area (Å²) in [5.74, 6) is 0.786. The smallest absolute Gasteiger partial charge is 0.306 e. The predicted octanol–water partition coefficient (Wildman–Crippen LogP) is 5.16. The second-order valence-electron chi connectivity index (χ2n) is 7.95. The van der Waals surface area contributed by atoms with Gasteiger partial charge in [0, 0.05) is 18.8 Å². The molecule has 26 heavy (non-hydrogen) atoms. The van der Waals surface area contributed by atoms with Gasteiger partial charge in [-0.05, 0) is 29.5 Å². The van der Waals surface area contributed by atoms with Crippen LogP contribution in [0.5, 0.6) is 5.75 Å². The molecule has 1 rings (SSSR count). The summed E-state index contributed by atoms with van der Waals surface area (Å²) in [6, 6.07) is 7.80. The fourth-order valence-corrected chi connectivity index (χ4v) is 2.46. The molecule has 0 unspecified atom stereocenters. The van der Waals surface area contributed by atoms with E-state index in [9.17, 15) is 4.79 Å². The van der Waals surface area contributed by atoms with Crippen LogP contribution in [0.15, 0.2) is 36.9 Å². The number of carbonyl (C=O) groups is 1. The SMILES string of the molecule is C=CC[C@H](OC(=O)CCC(C)(C)C)[C@H](C)COCc1ccc(OC)cc1. The van der Waals surface area contributed by atoms with Crippen LogP contribution in [-0.2, 0) is 20.9 Å². The van der Waals surface area contributed by atoms with Crippen LogP contribution in [0.3, 0.4) is 0 Å². The standard InChI is InChI=1S/C22H34O4/c1-7-8-20(26-21(23)13-14-22(3,4)5)17(2)15-25-16-18-9-11-19(24-6)12-10-18/h7,9-12,17,20H,1,8,13-16H2,2-6H3/t17-,20+/m1/s1. The molecule has 1 aromatic rings. The Kier molecular flexibility index (Phi) is 9.42. The van der Waals surface area contributed by atoms with E-state index in [1.165, 1.54) is 0 Å². The molecule has 0 bridgehead atoms. The van der Waals surface area contributed by atoms with E-state index in [1.807, 2.05) is 31.2 Å². The second kappa shape index (κ2) is 11.0. The molecule has 0 radical (unpaired) electrons. The van der Waals surface area contributed by atoms with Gasteiger partial charge >= 0.3 is 5.97 Å². The summed E-state index contributed by atoms with van der Waals surface area (Å²) < 4.78 is 16.6. The fourth-order valence-electron chi connectivity index (χ4n) is 2.46. The van der Waals surface area contributed by atoms with Crippen LogP contribution in [0.1, 0.15) is 52.5 Å². The summed E-state index contributed by atoms with van der Waals surface area (Å²) in [6.07, 6.45) is 3.48. The Morgan fingerprint density at radius 2 is 1.88 bits per heavy atom. The minimum atomic E-state index is -0.198. The molecule has 0 fully saturated rings. The van der Waals surface area contributed by atoms with E-state index in [1.54, 1.807) is 13.2 Å². The van der Waals surface area contributed by atoms with Gasteiger partial charge < -0.3 is 14.2 Å². The first-order chi connectivity index (χ1) is 12.2. The first-order valence-electron chi connectivity index (χ1n) is 9.26. The third-order valence-electron chi connectivity index (χ3n) is 4.20. The van der Waals surface area contributed by atoms with Crippen molar-refractivity contribution in [2.75, 3.05) is 13.7 Å². The number of benzene rings is 1. The largest absolute Gasteiger partial charge is 0.497 e. The van der Waals surface area contributed by atoms with E-state index in [4.69, 9.17) is 14.2 Å². The third kappa shape index (κ3) is 9.04. The Morgan fingerprint density at radius 1 is 1.23 bits per heavy atom. The maximum absolute atomic E-state index is 12.1. The second-order valence-corrected chi connectivity index (χ2v) is 7.95. The Hall–Kier alpha value is -1.81. The van der Waals surface area contributed by atoms with Crippen molar-refractivity contribution in [1.82, 2.24) is 0 Å². The highest BCUT2D eigenvalue weighted by Crippen LogP contribution is 2.22. The molecule has 0 spiro atoms. The minimum absolute atomic E-state index is 0.102. The Labute approximate surface area is 158 Å². The molecular formula is C22H34O4. The van der Waals surface area contributed by atoms with E-state index in [0.29, 0.717) is 26.1 Å². The molecule has 2 atom stereocenters. The molecular weight excluding hydrogens is 328 g/mol. The van der Waals surface area contributed by atoms with Crippen molar-refractivity contribution >= 4 is 5.97 Å². The van der Waals surface area contributed by atoms with Gasteiger partial charge in [-0.2, -0.15) is 0 Å². The average molecular weight is 363 g/mol. The van der Waals surface area contributed by atoms with E-state index in [-0.39, 0.29) is 23.4 Å². The molecule has 146 valence electrons. The number of ether oxygens (including phenoxy) is 3. The van der Waals surface area contributed by atoms with Crippen molar-refractivity contribution in [2.24, 2.45) is 11.3 Å². The molecule has 0 N–H and O–H groups in total. The quantitative estimate of drug-likeness (QED) is 0.403. The zero-order valence-corrected chi connectivity index (χ0v) is 16.9. The Balaban J connectivity index is 2.44. The zero-order valence-electron chi connectivity index (χ0n) is 16.9. The zero-order chi connectivity index (χ0) is 19.6. The van der Waals surface area contributed by atoms with Crippen LogP contribution in [-0.4, -0.2) is 25.8 Å². The van der Waals surface area contributed by atoms with Crippen LogP contribution in [0, 0.1) is 11.3 Å². The van der Waals surface area contributed by atoms with E-state index in [0.717, 1.165) is 17.7 Å². The lowest BCUT2D eigenvalue weighted by Crippen LogP contribution is -2.28. The van der Waals surface area contributed by atoms with Crippen molar-refractivity contribution in [1.29, 1.82) is 0 Å². The molecule has 0 aliphatic heterocycles. The maximum Gasteiger partial charge on any atom is 0.306 e. The molecule has 0 aromatic heterocycles. The Morgan fingerprint density at radius 3 is 2.42 bits per heavy atom. The van der Waals surface area contributed by atoms with Crippen molar-refractivity contribution in [3.63, 3.8) is 0 Å². The molecule has 0 amide bonds. The van der Waals surface area contributed by atoms with Gasteiger partial charge in [0.25, 0.3) is 0 Å². The summed E-state index contributed by atoms with van der Waals surface area (Å²) in [6.45, 7) is 13.2. The average Bonchev–Trinajstić information content (AvgIpc) is 2.59. The van der Waals surface area contributed by atoms with Gasteiger partial charge in [0.2, 0.25) is 0 Å². The molecule has 0 aliphatic carbocycles. The number of esters is 1. The minimum Gasteiger partial charge on any atom is -0.497 e. The molecule has 0 saturated heterocycles. The number of carbonyl (C=O) groups excluding carboxylic acids is 1. The predicted molar refractivity (Wildman–Crippen MR) is 105 cm³/mol. The Bertz CT molecular complexity index is 542. The van der Waals surface area contributed by atoms with Crippen molar-refractivity contribution in [2.45, 2.75) is 59.7 Å². The van der Waals surface area contributed by atoms with Crippen LogP contribution in [0.25, 0.3) is 0 Å². The molecule has 1 aromatic carbocycles. The van der Waals surface area contributed by atoms with Gasteiger partial charge in [-0.25, -0.2) is 0 Å². The summed E-state index contributed by atoms with van der Waals surface area (Å²) in [7, 11) is 1.65. The highest BCUT2D eigenvalue weighted by atomic mass is 16.5. The van der Waals surface area contributed by atoms with Crippen molar-refractivity contribution in [3.8, 4) is 5.75 Å². The van der Waals surface area contributed by atoms with Gasteiger partial charge in [-0.3, -0.25) is 4.79 Å². The number of rotatable bonds is 11. The van der Waals surface area contributed by atoms with Gasteiger partial charge in [0.05, 0.1) is 20.3 Å². The van der Waals surface area contributed by atoms with Crippen molar-refractivity contribution < 1.29 is 19.0 Å². The first kappa shape index (κ1) is 22.2. The topological polar surface area (TPSA) is 44.8 Å². The van der Waals surface area contributed by atoms with Gasteiger partial charge in [0.1, 0.15) is 11.9 Å². The lowest BCUT2D eigenvalue weighted by atomic mass is 9.91. The van der Waals surface area contributed by atoms with Crippen LogP contribution < -0.4 is 4.74 Å². The van der Waals surface area contributed by atoms with E-state index >= 15 is 0 Å². The summed E-state index contributed by atoms with van der Waals surface area (Å²) >= 11 is 0. The fraction of sp³-hybridized carbons (Fsp3) is 0.591. The van der Waals surface area contributed by atoms with Gasteiger partial charge in [-0.15, -0.1) is 6.58 Å². The first-order valence-corrected chi connectivity index (χ1v) is 9.26. The maximum atomic E-state index is 12.1. The monoisotopic (exact) mass is 362 g/mol. The van der Waals surface area contributed by atoms with Gasteiger partial charge in [-0.1, -0.05) is 45.9 Å². The normalized spacial score (nSPS) is 13.7. The summed E-state index contributed by atoms with van der Waals surface area (Å²) in [5.41, 5.74) is 1.21. The van der Waals surface area contributed by atoms with Crippen LogP contribution >= 0.6 is 0 Å². The molecule has 0 heterocycles.